The number of anilines is 1. The van der Waals surface area contributed by atoms with Crippen molar-refractivity contribution in [3.05, 3.63) is 62.6 Å². The minimum atomic E-state index is -0.0780. The minimum absolute atomic E-state index is 0.0384. The molecule has 1 aliphatic heterocycles. The topological polar surface area (TPSA) is 52.7 Å². The number of benzene rings is 2. The van der Waals surface area contributed by atoms with Crippen molar-refractivity contribution < 1.29 is 9.59 Å². The van der Waals surface area contributed by atoms with Gasteiger partial charge in [-0.3, -0.25) is 14.5 Å². The number of nitrogens with zero attached hydrogens (tertiary/aromatic N) is 2. The third-order valence-corrected chi connectivity index (χ3v) is 5.89. The summed E-state index contributed by atoms with van der Waals surface area (Å²) >= 11 is 9.56. The first-order valence-electron chi connectivity index (χ1n) is 9.18. The van der Waals surface area contributed by atoms with Crippen molar-refractivity contribution in [3.63, 3.8) is 0 Å². The lowest BCUT2D eigenvalue weighted by Crippen LogP contribution is -2.50. The zero-order valence-electron chi connectivity index (χ0n) is 16.0. The van der Waals surface area contributed by atoms with Gasteiger partial charge in [-0.15, -0.1) is 0 Å². The van der Waals surface area contributed by atoms with Crippen LogP contribution in [0.5, 0.6) is 0 Å². The molecule has 3 rings (SSSR count). The summed E-state index contributed by atoms with van der Waals surface area (Å²) in [6.45, 7) is 6.78. The molecule has 0 bridgehead atoms. The highest BCUT2D eigenvalue weighted by Crippen LogP contribution is 2.23. The smallest absolute Gasteiger partial charge is 0.255 e. The molecule has 0 aromatic heterocycles. The lowest BCUT2D eigenvalue weighted by molar-refractivity contribution is -0.117. The van der Waals surface area contributed by atoms with Crippen molar-refractivity contribution in [2.75, 3.05) is 38.0 Å². The van der Waals surface area contributed by atoms with E-state index in [-0.39, 0.29) is 11.8 Å². The van der Waals surface area contributed by atoms with Crippen molar-refractivity contribution in [2.24, 2.45) is 0 Å². The molecule has 0 aliphatic carbocycles. The zero-order chi connectivity index (χ0) is 20.3. The first-order valence-corrected chi connectivity index (χ1v) is 10.3. The van der Waals surface area contributed by atoms with Crippen LogP contribution in [0.2, 0.25) is 5.02 Å². The Bertz CT molecular complexity index is 895. The lowest BCUT2D eigenvalue weighted by atomic mass is 10.1. The maximum Gasteiger partial charge on any atom is 0.255 e. The third kappa shape index (κ3) is 4.93. The van der Waals surface area contributed by atoms with E-state index in [0.29, 0.717) is 43.3 Å². The van der Waals surface area contributed by atoms with Crippen LogP contribution in [0.15, 0.2) is 40.9 Å². The summed E-state index contributed by atoms with van der Waals surface area (Å²) in [5, 5.41) is 3.44. The Kier molecular flexibility index (Phi) is 6.75. The van der Waals surface area contributed by atoms with E-state index in [1.807, 2.05) is 38.1 Å². The molecular weight excluding hydrogens is 442 g/mol. The van der Waals surface area contributed by atoms with Crippen molar-refractivity contribution >= 4 is 45.0 Å². The van der Waals surface area contributed by atoms with Gasteiger partial charge in [0.15, 0.2) is 0 Å². The summed E-state index contributed by atoms with van der Waals surface area (Å²) in [4.78, 5) is 29.0. The molecule has 0 unspecified atom stereocenters. The highest BCUT2D eigenvalue weighted by molar-refractivity contribution is 9.10. The van der Waals surface area contributed by atoms with Crippen LogP contribution in [-0.4, -0.2) is 54.3 Å². The second kappa shape index (κ2) is 9.07. The minimum Gasteiger partial charge on any atom is -0.336 e. The quantitative estimate of drug-likeness (QED) is 0.741. The molecule has 0 saturated carbocycles. The number of hydrogen-bond donors (Lipinski definition) is 1. The van der Waals surface area contributed by atoms with E-state index in [2.05, 4.69) is 26.1 Å². The second-order valence-corrected chi connectivity index (χ2v) is 8.31. The van der Waals surface area contributed by atoms with Crippen molar-refractivity contribution in [1.29, 1.82) is 0 Å². The predicted octanol–water partition coefficient (Wildman–Crippen LogP) is 4.12. The van der Waals surface area contributed by atoms with Gasteiger partial charge in [0.2, 0.25) is 5.91 Å². The molecule has 2 amide bonds. The number of amides is 2. The zero-order valence-corrected chi connectivity index (χ0v) is 18.3. The standard InChI is InChI=1S/C21H23BrClN3O2/c1-14-4-3-5-19(15(14)2)24-20(27)13-25-8-10-26(11-9-25)21(28)17-12-16(22)6-7-18(17)23/h3-7,12H,8-11,13H2,1-2H3,(H,24,27). The molecule has 2 aromatic rings. The second-order valence-electron chi connectivity index (χ2n) is 6.99. The molecule has 7 heteroatoms. The highest BCUT2D eigenvalue weighted by atomic mass is 79.9. The molecule has 5 nitrogen and oxygen atoms in total. The molecule has 1 saturated heterocycles. The van der Waals surface area contributed by atoms with Crippen LogP contribution in [0.4, 0.5) is 5.69 Å². The highest BCUT2D eigenvalue weighted by Gasteiger charge is 2.24. The molecule has 1 aliphatic rings. The normalized spacial score (nSPS) is 14.8. The summed E-state index contributed by atoms with van der Waals surface area (Å²) in [6.07, 6.45) is 0. The monoisotopic (exact) mass is 463 g/mol. The molecular formula is C21H23BrClN3O2. The van der Waals surface area contributed by atoms with Crippen LogP contribution in [-0.2, 0) is 4.79 Å². The number of rotatable bonds is 4. The number of piperazine rings is 1. The number of halogens is 2. The van der Waals surface area contributed by atoms with Gasteiger partial charge >= 0.3 is 0 Å². The molecule has 28 heavy (non-hydrogen) atoms. The van der Waals surface area contributed by atoms with E-state index >= 15 is 0 Å². The first kappa shape index (κ1) is 20.8. The van der Waals surface area contributed by atoms with Crippen molar-refractivity contribution in [1.82, 2.24) is 9.80 Å². The van der Waals surface area contributed by atoms with Crippen molar-refractivity contribution in [3.8, 4) is 0 Å². The van der Waals surface area contributed by atoms with Gasteiger partial charge in [-0.2, -0.15) is 0 Å². The average molecular weight is 465 g/mol. The maximum absolute atomic E-state index is 12.7. The number of carbonyl (C=O) groups excluding carboxylic acids is 2. The van der Waals surface area contributed by atoms with Crippen LogP contribution >= 0.6 is 27.5 Å². The van der Waals surface area contributed by atoms with Gasteiger partial charge in [-0.05, 0) is 49.2 Å². The van der Waals surface area contributed by atoms with E-state index in [1.165, 1.54) is 0 Å². The number of hydrogen-bond acceptors (Lipinski definition) is 3. The Hall–Kier alpha value is -1.89. The van der Waals surface area contributed by atoms with E-state index in [9.17, 15) is 9.59 Å². The van der Waals surface area contributed by atoms with Crippen molar-refractivity contribution in [2.45, 2.75) is 13.8 Å². The lowest BCUT2D eigenvalue weighted by Gasteiger charge is -2.34. The summed E-state index contributed by atoms with van der Waals surface area (Å²) in [5.41, 5.74) is 3.58. The van der Waals surface area contributed by atoms with Crippen LogP contribution in [0.25, 0.3) is 0 Å². The van der Waals surface area contributed by atoms with Gasteiger partial charge in [0.1, 0.15) is 0 Å². The molecule has 0 atom stereocenters. The van der Waals surface area contributed by atoms with Crippen LogP contribution < -0.4 is 5.32 Å². The summed E-state index contributed by atoms with van der Waals surface area (Å²) in [7, 11) is 0. The maximum atomic E-state index is 12.7. The van der Waals surface area contributed by atoms with Gasteiger partial charge in [0.05, 0.1) is 17.1 Å². The first-order chi connectivity index (χ1) is 13.3. The fourth-order valence-electron chi connectivity index (χ4n) is 3.22. The predicted molar refractivity (Wildman–Crippen MR) is 116 cm³/mol. The Morgan fingerprint density at radius 3 is 2.54 bits per heavy atom. The van der Waals surface area contributed by atoms with Gasteiger partial charge < -0.3 is 10.2 Å². The summed E-state index contributed by atoms with van der Waals surface area (Å²) < 4.78 is 0.821. The average Bonchev–Trinajstić information content (AvgIpc) is 2.67. The summed E-state index contributed by atoms with van der Waals surface area (Å²) in [6, 6.07) is 11.2. The molecule has 1 fully saturated rings. The molecule has 0 spiro atoms. The molecule has 0 radical (unpaired) electrons. The number of carbonyl (C=O) groups is 2. The third-order valence-electron chi connectivity index (χ3n) is 5.06. The Morgan fingerprint density at radius 1 is 1.11 bits per heavy atom. The largest absolute Gasteiger partial charge is 0.336 e. The van der Waals surface area contributed by atoms with Gasteiger partial charge in [-0.25, -0.2) is 0 Å². The summed E-state index contributed by atoms with van der Waals surface area (Å²) in [5.74, 6) is -0.116. The van der Waals surface area contributed by atoms with E-state index in [4.69, 9.17) is 11.6 Å². The van der Waals surface area contributed by atoms with Crippen LogP contribution in [0, 0.1) is 13.8 Å². The van der Waals surface area contributed by atoms with Crippen LogP contribution in [0.1, 0.15) is 21.5 Å². The molecule has 1 heterocycles. The fraction of sp³-hybridized carbons (Fsp3) is 0.333. The fourth-order valence-corrected chi connectivity index (χ4v) is 3.78. The van der Waals surface area contributed by atoms with Gasteiger partial charge in [0, 0.05) is 36.3 Å². The molecule has 1 N–H and O–H groups in total. The SMILES string of the molecule is Cc1cccc(NC(=O)CN2CCN(C(=O)c3cc(Br)ccc3Cl)CC2)c1C. The Balaban J connectivity index is 1.54. The Labute approximate surface area is 178 Å². The van der Waals surface area contributed by atoms with Crippen LogP contribution in [0.3, 0.4) is 0 Å². The molecule has 148 valence electrons. The Morgan fingerprint density at radius 2 is 1.82 bits per heavy atom. The van der Waals surface area contributed by atoms with Gasteiger partial charge in [0.25, 0.3) is 5.91 Å². The number of nitrogens with one attached hydrogen (secondary N) is 1. The van der Waals surface area contributed by atoms with E-state index in [0.717, 1.165) is 21.3 Å². The van der Waals surface area contributed by atoms with E-state index in [1.54, 1.807) is 17.0 Å². The number of aryl methyl sites for hydroxylation is 1. The van der Waals surface area contributed by atoms with Gasteiger partial charge in [-0.1, -0.05) is 39.7 Å². The molecule has 2 aromatic carbocycles. The van der Waals surface area contributed by atoms with E-state index < -0.39 is 0 Å².